The number of hydrogen-bond donors (Lipinski definition) is 2. The van der Waals surface area contributed by atoms with Crippen molar-refractivity contribution in [3.8, 4) is 0 Å². The highest BCUT2D eigenvalue weighted by atomic mass is 35.5. The summed E-state index contributed by atoms with van der Waals surface area (Å²) in [5.74, 6) is -4.49. The molecule has 1 atom stereocenters. The molecule has 2 amide bonds. The Morgan fingerprint density at radius 1 is 1.12 bits per heavy atom. The molecule has 26 heavy (non-hydrogen) atoms. The van der Waals surface area contributed by atoms with Gasteiger partial charge in [0.2, 0.25) is 5.78 Å². The Kier molecular flexibility index (Phi) is 4.92. The lowest BCUT2D eigenvalue weighted by Gasteiger charge is -2.13. The van der Waals surface area contributed by atoms with Crippen LogP contribution in [-0.2, 0) is 14.4 Å². The number of carbonyl (C=O) groups is 3. The van der Waals surface area contributed by atoms with Crippen molar-refractivity contribution in [1.82, 2.24) is 0 Å². The molecule has 0 fully saturated rings. The van der Waals surface area contributed by atoms with E-state index in [1.807, 2.05) is 0 Å². The van der Waals surface area contributed by atoms with E-state index >= 15 is 0 Å². The van der Waals surface area contributed by atoms with E-state index in [-0.39, 0.29) is 16.5 Å². The van der Waals surface area contributed by atoms with Crippen LogP contribution in [0.1, 0.15) is 0 Å². The molecule has 2 aromatic carbocycles. The van der Waals surface area contributed by atoms with Crippen LogP contribution >= 0.6 is 23.2 Å². The van der Waals surface area contributed by atoms with Crippen molar-refractivity contribution in [2.24, 2.45) is 16.8 Å². The number of halogens is 2. The lowest BCUT2D eigenvalue weighted by Crippen LogP contribution is -2.41. The standard InChI is InChI=1S/C17H12Cl2N4O3/c18-9-6-7-12(11(19)8-9)21-16(25)14(24)13-15(20)22-23(17(13)26)10-4-2-1-3-5-10/h1-8,13H,(H2,20,22)(H,21,25)/t13-/m1/s1. The highest BCUT2D eigenvalue weighted by molar-refractivity contribution is 6.50. The second-order valence-corrected chi connectivity index (χ2v) is 6.23. The molecule has 1 aliphatic heterocycles. The van der Waals surface area contributed by atoms with E-state index in [2.05, 4.69) is 10.4 Å². The van der Waals surface area contributed by atoms with Crippen LogP contribution in [0.15, 0.2) is 53.6 Å². The van der Waals surface area contributed by atoms with Gasteiger partial charge in [0.25, 0.3) is 11.8 Å². The van der Waals surface area contributed by atoms with Crippen LogP contribution in [0.2, 0.25) is 10.0 Å². The summed E-state index contributed by atoms with van der Waals surface area (Å²) in [6.45, 7) is 0. The number of nitrogens with zero attached hydrogens (tertiary/aromatic N) is 2. The Morgan fingerprint density at radius 3 is 2.46 bits per heavy atom. The number of carbonyl (C=O) groups excluding carboxylic acids is 3. The molecular weight excluding hydrogens is 379 g/mol. The quantitative estimate of drug-likeness (QED) is 0.617. The third-order valence-electron chi connectivity index (χ3n) is 3.63. The molecule has 132 valence electrons. The van der Waals surface area contributed by atoms with Gasteiger partial charge >= 0.3 is 0 Å². The van der Waals surface area contributed by atoms with Gasteiger partial charge in [-0.05, 0) is 30.3 Å². The maximum absolute atomic E-state index is 12.5. The summed E-state index contributed by atoms with van der Waals surface area (Å²) in [6, 6.07) is 12.8. The van der Waals surface area contributed by atoms with Crippen molar-refractivity contribution in [3.05, 3.63) is 58.6 Å². The average molecular weight is 391 g/mol. The minimum atomic E-state index is -1.48. The predicted octanol–water partition coefficient (Wildman–Crippen LogP) is 2.44. The molecule has 3 rings (SSSR count). The zero-order valence-electron chi connectivity index (χ0n) is 13.1. The first kappa shape index (κ1) is 17.9. The third-order valence-corrected chi connectivity index (χ3v) is 4.18. The molecule has 0 radical (unpaired) electrons. The van der Waals surface area contributed by atoms with Gasteiger partial charge in [-0.2, -0.15) is 10.1 Å². The Balaban J connectivity index is 1.78. The van der Waals surface area contributed by atoms with Gasteiger partial charge in [-0.15, -0.1) is 0 Å². The first-order chi connectivity index (χ1) is 12.4. The summed E-state index contributed by atoms with van der Waals surface area (Å²) < 4.78 is 0. The molecule has 0 aromatic heterocycles. The van der Waals surface area contributed by atoms with Crippen molar-refractivity contribution in [1.29, 1.82) is 0 Å². The molecule has 0 unspecified atom stereocenters. The summed E-state index contributed by atoms with van der Waals surface area (Å²) in [5, 5.41) is 7.78. The fourth-order valence-corrected chi connectivity index (χ4v) is 2.83. The Hall–Kier alpha value is -2.90. The van der Waals surface area contributed by atoms with Gasteiger partial charge in [0, 0.05) is 5.02 Å². The summed E-state index contributed by atoms with van der Waals surface area (Å²) in [7, 11) is 0. The van der Waals surface area contributed by atoms with Gasteiger partial charge in [-0.3, -0.25) is 14.4 Å². The van der Waals surface area contributed by atoms with Gasteiger partial charge in [-0.1, -0.05) is 41.4 Å². The molecule has 3 N–H and O–H groups in total. The first-order valence-electron chi connectivity index (χ1n) is 7.41. The second-order valence-electron chi connectivity index (χ2n) is 5.39. The largest absolute Gasteiger partial charge is 0.385 e. The Bertz CT molecular complexity index is 931. The van der Waals surface area contributed by atoms with Crippen molar-refractivity contribution >= 4 is 58.0 Å². The van der Waals surface area contributed by atoms with Crippen LogP contribution in [0.5, 0.6) is 0 Å². The summed E-state index contributed by atoms with van der Waals surface area (Å²) in [5.41, 5.74) is 6.35. The highest BCUT2D eigenvalue weighted by Gasteiger charge is 2.43. The van der Waals surface area contributed by atoms with Crippen molar-refractivity contribution in [3.63, 3.8) is 0 Å². The van der Waals surface area contributed by atoms with Crippen molar-refractivity contribution in [2.45, 2.75) is 0 Å². The van der Waals surface area contributed by atoms with E-state index in [4.69, 9.17) is 28.9 Å². The number of hydrazone groups is 1. The van der Waals surface area contributed by atoms with E-state index in [9.17, 15) is 14.4 Å². The van der Waals surface area contributed by atoms with E-state index in [0.29, 0.717) is 10.7 Å². The van der Waals surface area contributed by atoms with Crippen LogP contribution in [0.3, 0.4) is 0 Å². The molecule has 2 aromatic rings. The zero-order chi connectivity index (χ0) is 18.8. The predicted molar refractivity (Wildman–Crippen MR) is 99.1 cm³/mol. The number of Topliss-reactive ketones (excluding diaryl/α,β-unsaturated/α-hetero) is 1. The topological polar surface area (TPSA) is 105 Å². The van der Waals surface area contributed by atoms with Gasteiger partial charge < -0.3 is 11.1 Å². The summed E-state index contributed by atoms with van der Waals surface area (Å²) >= 11 is 11.8. The Labute approximate surface area is 158 Å². The molecule has 1 aliphatic rings. The fourth-order valence-electron chi connectivity index (χ4n) is 2.38. The Morgan fingerprint density at radius 2 is 1.81 bits per heavy atom. The van der Waals surface area contributed by atoms with E-state index in [1.165, 1.54) is 18.2 Å². The minimum absolute atomic E-state index is 0.156. The normalized spacial score (nSPS) is 16.4. The number of hydrogen-bond acceptors (Lipinski definition) is 5. The van der Waals surface area contributed by atoms with E-state index < -0.39 is 23.5 Å². The first-order valence-corrected chi connectivity index (χ1v) is 8.17. The summed E-state index contributed by atoms with van der Waals surface area (Å²) in [4.78, 5) is 37.2. The lowest BCUT2D eigenvalue weighted by atomic mass is 10.0. The van der Waals surface area contributed by atoms with Gasteiger partial charge in [0.15, 0.2) is 5.92 Å². The van der Waals surface area contributed by atoms with Crippen LogP contribution in [0.4, 0.5) is 11.4 Å². The fraction of sp³-hybridized carbons (Fsp3) is 0.0588. The van der Waals surface area contributed by atoms with Gasteiger partial charge in [-0.25, -0.2) is 0 Å². The molecule has 9 heteroatoms. The van der Waals surface area contributed by atoms with Gasteiger partial charge in [0.1, 0.15) is 5.84 Å². The van der Waals surface area contributed by atoms with Crippen LogP contribution in [-0.4, -0.2) is 23.4 Å². The minimum Gasteiger partial charge on any atom is -0.385 e. The molecule has 0 bridgehead atoms. The van der Waals surface area contributed by atoms with Crippen molar-refractivity contribution < 1.29 is 14.4 Å². The summed E-state index contributed by atoms with van der Waals surface area (Å²) in [6.07, 6.45) is 0. The van der Waals surface area contributed by atoms with Crippen LogP contribution < -0.4 is 16.1 Å². The monoisotopic (exact) mass is 390 g/mol. The molecule has 0 spiro atoms. The number of rotatable bonds is 4. The van der Waals surface area contributed by atoms with Gasteiger partial charge in [0.05, 0.1) is 16.4 Å². The number of para-hydroxylation sites is 1. The number of amidine groups is 1. The number of nitrogens with one attached hydrogen (secondary N) is 1. The average Bonchev–Trinajstić information content (AvgIpc) is 2.92. The van der Waals surface area contributed by atoms with Crippen molar-refractivity contribution in [2.75, 3.05) is 10.3 Å². The molecule has 7 nitrogen and oxygen atoms in total. The third kappa shape index (κ3) is 3.40. The number of nitrogens with two attached hydrogens (primary N) is 1. The maximum atomic E-state index is 12.5. The van der Waals surface area contributed by atoms with E-state index in [0.717, 1.165) is 5.01 Å². The van der Waals surface area contributed by atoms with E-state index in [1.54, 1.807) is 30.3 Å². The number of anilines is 2. The molecule has 0 aliphatic carbocycles. The second kappa shape index (κ2) is 7.15. The zero-order valence-corrected chi connectivity index (χ0v) is 14.7. The van der Waals surface area contributed by atoms with Crippen LogP contribution in [0.25, 0.3) is 0 Å². The molecule has 0 saturated carbocycles. The molecule has 0 saturated heterocycles. The number of benzene rings is 2. The van der Waals surface area contributed by atoms with Crippen LogP contribution in [0, 0.1) is 5.92 Å². The SMILES string of the molecule is NC1=NN(c2ccccc2)C(=O)[C@@H]1C(=O)C(=O)Nc1ccc(Cl)cc1Cl. The lowest BCUT2D eigenvalue weighted by molar-refractivity contribution is -0.138. The molecular formula is C17H12Cl2N4O3. The molecule has 1 heterocycles. The smallest absolute Gasteiger partial charge is 0.293 e. The number of amides is 2. The number of ketones is 1. The highest BCUT2D eigenvalue weighted by Crippen LogP contribution is 2.26. The maximum Gasteiger partial charge on any atom is 0.293 e.